The van der Waals surface area contributed by atoms with Crippen LogP contribution in [0.2, 0.25) is 0 Å². The Hall–Kier alpha value is -2.94. The predicted molar refractivity (Wildman–Crippen MR) is 112 cm³/mol. The predicted octanol–water partition coefficient (Wildman–Crippen LogP) is -1.11. The van der Waals surface area contributed by atoms with Gasteiger partial charge < -0.3 is 29.3 Å². The molecule has 3 heterocycles. The molecule has 2 unspecified atom stereocenters. The van der Waals surface area contributed by atoms with E-state index in [1.807, 2.05) is 6.07 Å². The van der Waals surface area contributed by atoms with Gasteiger partial charge in [-0.05, 0) is 46.7 Å². The van der Waals surface area contributed by atoms with Gasteiger partial charge in [-0.2, -0.15) is 0 Å². The molecule has 2 atom stereocenters. The topological polar surface area (TPSA) is 105 Å². The number of benzene rings is 2. The molecule has 2 N–H and O–H groups in total. The molecule has 0 aromatic heterocycles. The first-order chi connectivity index (χ1) is 15.0. The quantitative estimate of drug-likeness (QED) is 0.483. The van der Waals surface area contributed by atoms with Gasteiger partial charge in [0.1, 0.15) is 6.29 Å². The number of likely N-dealkylation sites (tertiary alicyclic amines) is 1. The highest BCUT2D eigenvalue weighted by molar-refractivity contribution is 6.61. The van der Waals surface area contributed by atoms with Gasteiger partial charge >= 0.3 is 14.6 Å². The maximum absolute atomic E-state index is 13.1. The van der Waals surface area contributed by atoms with Gasteiger partial charge in [0.05, 0.1) is 19.3 Å². The molecule has 31 heavy (non-hydrogen) atoms. The maximum Gasteiger partial charge on any atom is 0.491 e. The molecule has 0 saturated carbocycles. The summed E-state index contributed by atoms with van der Waals surface area (Å²) in [6, 6.07) is 9.41. The molecule has 155 valence electrons. The summed E-state index contributed by atoms with van der Waals surface area (Å²) in [5.41, 5.74) is 4.18. The number of amides is 2. The van der Waals surface area contributed by atoms with E-state index in [4.69, 9.17) is 9.31 Å². The zero-order valence-electron chi connectivity index (χ0n) is 16.6. The van der Waals surface area contributed by atoms with Crippen molar-refractivity contribution in [3.8, 4) is 0 Å². The second-order valence-electron chi connectivity index (χ2n) is 7.99. The molecule has 2 amide bonds. The van der Waals surface area contributed by atoms with Gasteiger partial charge in [-0.1, -0.05) is 18.2 Å². The molecule has 5 rings (SSSR count). The summed E-state index contributed by atoms with van der Waals surface area (Å²) in [5, 5.41) is 12.8. The Kier molecular flexibility index (Phi) is 5.13. The number of carbonyl (C=O) groups excluding carboxylic acids is 3. The van der Waals surface area contributed by atoms with Crippen molar-refractivity contribution in [3.63, 3.8) is 0 Å². The highest BCUT2D eigenvalue weighted by Crippen LogP contribution is 2.21. The number of aldehydes is 1. The van der Waals surface area contributed by atoms with Gasteiger partial charge in [0, 0.05) is 23.7 Å². The molecule has 3 aliphatic heterocycles. The highest BCUT2D eigenvalue weighted by Gasteiger charge is 2.37. The Morgan fingerprint density at radius 2 is 1.97 bits per heavy atom. The molecule has 1 radical (unpaired) electrons. The minimum Gasteiger partial charge on any atom is -0.430 e. The summed E-state index contributed by atoms with van der Waals surface area (Å²) in [6.45, 7) is 1.03. The standard InChI is InChI=1S/C21H19B2N2O6/c26-9-17-7-16(24-20(27)12-1-3-14-10-30-22-18(14)5-12)8-25(17)21(28)13-2-4-15-11-31-23(29)19(15)6-13/h1-6,9,16-17,29H,7-8,10-11H2,(H,24,27). The van der Waals surface area contributed by atoms with Crippen LogP contribution in [0.4, 0.5) is 0 Å². The van der Waals surface area contributed by atoms with Crippen molar-refractivity contribution >= 4 is 43.6 Å². The maximum atomic E-state index is 13.1. The molecule has 3 aliphatic rings. The largest absolute Gasteiger partial charge is 0.491 e. The van der Waals surface area contributed by atoms with Crippen molar-refractivity contribution in [2.24, 2.45) is 0 Å². The van der Waals surface area contributed by atoms with Crippen molar-refractivity contribution in [1.29, 1.82) is 0 Å². The van der Waals surface area contributed by atoms with Gasteiger partial charge in [-0.25, -0.2) is 0 Å². The smallest absolute Gasteiger partial charge is 0.430 e. The van der Waals surface area contributed by atoms with Crippen molar-refractivity contribution in [2.45, 2.75) is 31.7 Å². The van der Waals surface area contributed by atoms with Gasteiger partial charge in [0.15, 0.2) is 0 Å². The van der Waals surface area contributed by atoms with E-state index in [-0.39, 0.29) is 24.4 Å². The molecular formula is C21H19B2N2O6. The number of hydrogen-bond donors (Lipinski definition) is 2. The molecule has 0 spiro atoms. The summed E-state index contributed by atoms with van der Waals surface area (Å²) < 4.78 is 10.4. The second kappa shape index (κ2) is 7.96. The number of fused-ring (bicyclic) bond motifs is 2. The van der Waals surface area contributed by atoms with Crippen LogP contribution in [0.5, 0.6) is 0 Å². The van der Waals surface area contributed by atoms with Gasteiger partial charge in [0.2, 0.25) is 0 Å². The van der Waals surface area contributed by atoms with E-state index >= 15 is 0 Å². The first-order valence-electron chi connectivity index (χ1n) is 10.1. The molecule has 0 bridgehead atoms. The first-order valence-corrected chi connectivity index (χ1v) is 10.1. The summed E-state index contributed by atoms with van der Waals surface area (Å²) in [7, 11) is 0.577. The van der Waals surface area contributed by atoms with E-state index in [9.17, 15) is 19.4 Å². The third-order valence-corrected chi connectivity index (χ3v) is 6.01. The van der Waals surface area contributed by atoms with Gasteiger partial charge in [-0.15, -0.1) is 0 Å². The molecule has 2 aromatic carbocycles. The van der Waals surface area contributed by atoms with Crippen LogP contribution in [0.1, 0.15) is 38.3 Å². The third-order valence-electron chi connectivity index (χ3n) is 6.01. The third kappa shape index (κ3) is 3.67. The zero-order valence-corrected chi connectivity index (χ0v) is 16.6. The van der Waals surface area contributed by atoms with Crippen LogP contribution in [0.3, 0.4) is 0 Å². The SMILES string of the molecule is O=CC1CC(NC(=O)c2ccc3c(c2)[B]OC3)CN1C(=O)c1ccc2c(c1)B(O)OC2. The van der Waals surface area contributed by atoms with Crippen LogP contribution in [-0.4, -0.2) is 61.3 Å². The fourth-order valence-electron chi connectivity index (χ4n) is 4.31. The van der Waals surface area contributed by atoms with Crippen LogP contribution in [0, 0.1) is 0 Å². The van der Waals surface area contributed by atoms with Crippen molar-refractivity contribution < 1.29 is 28.7 Å². The Bertz CT molecular complexity index is 1080. The van der Waals surface area contributed by atoms with Crippen LogP contribution in [0.25, 0.3) is 0 Å². The zero-order chi connectivity index (χ0) is 21.5. The number of rotatable bonds is 4. The normalized spacial score (nSPS) is 21.5. The van der Waals surface area contributed by atoms with Crippen LogP contribution < -0.4 is 16.2 Å². The average Bonchev–Trinajstić information content (AvgIpc) is 3.51. The summed E-state index contributed by atoms with van der Waals surface area (Å²) >= 11 is 0. The molecular weight excluding hydrogens is 398 g/mol. The fraction of sp³-hybridized carbons (Fsp3) is 0.286. The monoisotopic (exact) mass is 417 g/mol. The summed E-state index contributed by atoms with van der Waals surface area (Å²) in [6.07, 6.45) is 1.08. The van der Waals surface area contributed by atoms with E-state index < -0.39 is 13.2 Å². The number of hydrogen-bond acceptors (Lipinski definition) is 6. The lowest BCUT2D eigenvalue weighted by Gasteiger charge is -2.21. The van der Waals surface area contributed by atoms with E-state index in [0.717, 1.165) is 22.9 Å². The van der Waals surface area contributed by atoms with Crippen LogP contribution in [0.15, 0.2) is 36.4 Å². The molecule has 10 heteroatoms. The van der Waals surface area contributed by atoms with Crippen molar-refractivity contribution in [2.75, 3.05) is 6.54 Å². The van der Waals surface area contributed by atoms with Gasteiger partial charge in [-0.3, -0.25) is 9.59 Å². The Balaban J connectivity index is 1.29. The fourth-order valence-corrected chi connectivity index (χ4v) is 4.31. The molecule has 8 nitrogen and oxygen atoms in total. The molecule has 1 saturated heterocycles. The van der Waals surface area contributed by atoms with E-state index in [0.29, 0.717) is 36.2 Å². The Morgan fingerprint density at radius 1 is 1.16 bits per heavy atom. The molecule has 1 fully saturated rings. The van der Waals surface area contributed by atoms with Crippen LogP contribution in [-0.2, 0) is 27.3 Å². The number of nitrogens with one attached hydrogen (secondary N) is 1. The summed E-state index contributed by atoms with van der Waals surface area (Å²) in [5.74, 6) is -0.579. The number of carbonyl (C=O) groups is 3. The Labute approximate surface area is 179 Å². The second-order valence-corrected chi connectivity index (χ2v) is 7.99. The van der Waals surface area contributed by atoms with E-state index in [1.165, 1.54) is 4.90 Å². The van der Waals surface area contributed by atoms with Crippen LogP contribution >= 0.6 is 0 Å². The number of nitrogens with zero attached hydrogens (tertiary/aromatic N) is 1. The minimum absolute atomic E-state index is 0.226. The summed E-state index contributed by atoms with van der Waals surface area (Å²) in [4.78, 5) is 38.9. The lowest BCUT2D eigenvalue weighted by Crippen LogP contribution is -2.40. The van der Waals surface area contributed by atoms with Crippen molar-refractivity contribution in [3.05, 3.63) is 58.7 Å². The Morgan fingerprint density at radius 3 is 2.81 bits per heavy atom. The van der Waals surface area contributed by atoms with Crippen molar-refractivity contribution in [1.82, 2.24) is 10.2 Å². The first kappa shape index (κ1) is 20.0. The minimum atomic E-state index is -1.05. The average molecular weight is 417 g/mol. The van der Waals surface area contributed by atoms with Gasteiger partial charge in [0.25, 0.3) is 11.8 Å². The van der Waals surface area contributed by atoms with E-state index in [2.05, 4.69) is 5.32 Å². The lowest BCUT2D eigenvalue weighted by molar-refractivity contribution is -0.111. The molecule has 2 aromatic rings. The van der Waals surface area contributed by atoms with E-state index in [1.54, 1.807) is 37.8 Å². The highest BCUT2D eigenvalue weighted by atomic mass is 16.5. The molecule has 0 aliphatic carbocycles. The lowest BCUT2D eigenvalue weighted by atomic mass is 9.78.